The number of nitrogens with one attached hydrogen (secondary N) is 3. The highest BCUT2D eigenvalue weighted by Gasteiger charge is 2.32. The van der Waals surface area contributed by atoms with E-state index in [2.05, 4.69) is 28.6 Å². The van der Waals surface area contributed by atoms with Gasteiger partial charge < -0.3 is 31.9 Å². The fourth-order valence-electron chi connectivity index (χ4n) is 3.09. The first-order valence-corrected chi connectivity index (χ1v) is 11.8. The van der Waals surface area contributed by atoms with Crippen LogP contribution < -0.4 is 21.7 Å². The van der Waals surface area contributed by atoms with E-state index in [4.69, 9.17) is 5.73 Å². The van der Waals surface area contributed by atoms with Gasteiger partial charge in [-0.3, -0.25) is 14.4 Å². The molecule has 10 nitrogen and oxygen atoms in total. The maximum Gasteiger partial charge on any atom is 0.327 e. The lowest BCUT2D eigenvalue weighted by Crippen LogP contribution is -2.59. The number of aromatic hydroxyl groups is 1. The van der Waals surface area contributed by atoms with Gasteiger partial charge in [-0.1, -0.05) is 46.2 Å². The Labute approximate surface area is 205 Å². The molecular weight excluding hydrogens is 460 g/mol. The van der Waals surface area contributed by atoms with Crippen LogP contribution in [0.5, 0.6) is 5.75 Å². The molecular formula is C23H36N4O6S. The molecule has 0 aliphatic rings. The minimum Gasteiger partial charge on any atom is -0.508 e. The standard InChI is InChI=1S/C23H36N4O6S/c1-5-13(4)18(24)21(30)27-19(12(2)3)22(31)25-16(10-14-6-8-15(28)9-7-14)20(29)26-17(11-34)23(32)33/h6-9,12-13,16-19,28,34H,5,10-11,24H2,1-4H3,(H,25,31)(H,26,29)(H,27,30)(H,32,33). The molecule has 7 N–H and O–H groups in total. The second-order valence-electron chi connectivity index (χ2n) is 8.66. The molecule has 11 heteroatoms. The number of carboxylic acid groups (broad SMARTS) is 1. The summed E-state index contributed by atoms with van der Waals surface area (Å²) < 4.78 is 0. The van der Waals surface area contributed by atoms with Crippen LogP contribution in [0.3, 0.4) is 0 Å². The Bertz CT molecular complexity index is 848. The number of carbonyl (C=O) groups is 4. The SMILES string of the molecule is CCC(C)C(N)C(=O)NC(C(=O)NC(Cc1ccc(O)cc1)C(=O)NC(CS)C(=O)O)C(C)C. The van der Waals surface area contributed by atoms with Gasteiger partial charge >= 0.3 is 5.97 Å². The molecule has 0 aliphatic heterocycles. The molecule has 0 aliphatic carbocycles. The van der Waals surface area contributed by atoms with Gasteiger partial charge in [0.1, 0.15) is 23.9 Å². The second kappa shape index (κ2) is 13.8. The minimum absolute atomic E-state index is 0.0297. The molecule has 0 radical (unpaired) electrons. The van der Waals surface area contributed by atoms with Crippen molar-refractivity contribution in [3.8, 4) is 5.75 Å². The summed E-state index contributed by atoms with van der Waals surface area (Å²) in [5.74, 6) is -3.54. The molecule has 0 aromatic heterocycles. The number of nitrogens with two attached hydrogens (primary N) is 1. The number of aliphatic carboxylic acids is 1. The minimum atomic E-state index is -1.26. The van der Waals surface area contributed by atoms with Gasteiger partial charge in [-0.05, 0) is 29.5 Å². The number of hydrogen-bond acceptors (Lipinski definition) is 7. The van der Waals surface area contributed by atoms with Crippen LogP contribution in [0, 0.1) is 11.8 Å². The Hall–Kier alpha value is -2.79. The predicted octanol–water partition coefficient (Wildman–Crippen LogP) is 0.433. The summed E-state index contributed by atoms with van der Waals surface area (Å²) in [6.45, 7) is 7.24. The molecule has 190 valence electrons. The van der Waals surface area contributed by atoms with E-state index in [1.165, 1.54) is 12.1 Å². The van der Waals surface area contributed by atoms with Crippen LogP contribution in [0.1, 0.15) is 39.7 Å². The molecule has 1 aromatic rings. The van der Waals surface area contributed by atoms with Gasteiger partial charge in [-0.25, -0.2) is 4.79 Å². The van der Waals surface area contributed by atoms with Crippen molar-refractivity contribution >= 4 is 36.3 Å². The Morgan fingerprint density at radius 1 is 0.941 bits per heavy atom. The van der Waals surface area contributed by atoms with Crippen molar-refractivity contribution in [2.45, 2.75) is 64.7 Å². The Balaban J connectivity index is 3.10. The van der Waals surface area contributed by atoms with Crippen molar-refractivity contribution in [2.75, 3.05) is 5.75 Å². The van der Waals surface area contributed by atoms with Crippen molar-refractivity contribution in [1.82, 2.24) is 16.0 Å². The lowest BCUT2D eigenvalue weighted by atomic mass is 9.97. The van der Waals surface area contributed by atoms with Crippen molar-refractivity contribution in [3.05, 3.63) is 29.8 Å². The van der Waals surface area contributed by atoms with Gasteiger partial charge in [-0.2, -0.15) is 12.6 Å². The largest absolute Gasteiger partial charge is 0.508 e. The van der Waals surface area contributed by atoms with E-state index in [0.29, 0.717) is 12.0 Å². The van der Waals surface area contributed by atoms with E-state index in [0.717, 1.165) is 0 Å². The molecule has 0 heterocycles. The van der Waals surface area contributed by atoms with Crippen LogP contribution in [0.4, 0.5) is 0 Å². The highest BCUT2D eigenvalue weighted by Crippen LogP contribution is 2.13. The molecule has 1 aromatic carbocycles. The van der Waals surface area contributed by atoms with Crippen LogP contribution in [0.15, 0.2) is 24.3 Å². The zero-order valence-electron chi connectivity index (χ0n) is 19.9. The van der Waals surface area contributed by atoms with E-state index >= 15 is 0 Å². The summed E-state index contributed by atoms with van der Waals surface area (Å²) in [6, 6.07) is 1.91. The molecule has 0 saturated carbocycles. The lowest BCUT2D eigenvalue weighted by Gasteiger charge is -2.28. The number of carboxylic acids is 1. The Morgan fingerprint density at radius 2 is 1.50 bits per heavy atom. The van der Waals surface area contributed by atoms with Gasteiger partial charge in [0.2, 0.25) is 17.7 Å². The monoisotopic (exact) mass is 496 g/mol. The van der Waals surface area contributed by atoms with Crippen molar-refractivity contribution in [1.29, 1.82) is 0 Å². The second-order valence-corrected chi connectivity index (χ2v) is 9.02. The van der Waals surface area contributed by atoms with Gasteiger partial charge in [0.25, 0.3) is 0 Å². The molecule has 5 atom stereocenters. The third kappa shape index (κ3) is 8.86. The zero-order valence-corrected chi connectivity index (χ0v) is 20.8. The summed E-state index contributed by atoms with van der Waals surface area (Å²) in [4.78, 5) is 49.9. The van der Waals surface area contributed by atoms with Gasteiger partial charge in [0.05, 0.1) is 6.04 Å². The predicted molar refractivity (Wildman–Crippen MR) is 131 cm³/mol. The average Bonchev–Trinajstić information content (AvgIpc) is 2.79. The molecule has 34 heavy (non-hydrogen) atoms. The molecule has 3 amide bonds. The number of amides is 3. The van der Waals surface area contributed by atoms with Gasteiger partial charge in [0, 0.05) is 12.2 Å². The number of thiol groups is 1. The molecule has 0 bridgehead atoms. The number of hydrogen-bond donors (Lipinski definition) is 7. The van der Waals surface area contributed by atoms with Crippen molar-refractivity contribution < 1.29 is 29.4 Å². The Kier molecular flexibility index (Phi) is 11.9. The van der Waals surface area contributed by atoms with E-state index in [1.54, 1.807) is 26.0 Å². The van der Waals surface area contributed by atoms with E-state index in [9.17, 15) is 29.4 Å². The zero-order chi connectivity index (χ0) is 26.0. The van der Waals surface area contributed by atoms with Crippen LogP contribution in [0.2, 0.25) is 0 Å². The van der Waals surface area contributed by atoms with Gasteiger partial charge in [0.15, 0.2) is 0 Å². The highest BCUT2D eigenvalue weighted by atomic mass is 32.1. The van der Waals surface area contributed by atoms with Crippen LogP contribution in [-0.4, -0.2) is 63.8 Å². The van der Waals surface area contributed by atoms with Gasteiger partial charge in [-0.15, -0.1) is 0 Å². The van der Waals surface area contributed by atoms with Crippen LogP contribution >= 0.6 is 12.6 Å². The quantitative estimate of drug-likeness (QED) is 0.194. The fraction of sp³-hybridized carbons (Fsp3) is 0.565. The highest BCUT2D eigenvalue weighted by molar-refractivity contribution is 7.80. The molecule has 0 fully saturated rings. The maximum atomic E-state index is 13.1. The first-order chi connectivity index (χ1) is 15.9. The van der Waals surface area contributed by atoms with E-state index < -0.39 is 47.9 Å². The Morgan fingerprint density at radius 3 is 1.97 bits per heavy atom. The fourth-order valence-corrected chi connectivity index (χ4v) is 3.34. The normalized spacial score (nSPS) is 15.5. The summed E-state index contributed by atoms with van der Waals surface area (Å²) in [7, 11) is 0. The van der Waals surface area contributed by atoms with Crippen LogP contribution in [0.25, 0.3) is 0 Å². The number of carbonyl (C=O) groups excluding carboxylic acids is 3. The third-order valence-electron chi connectivity index (χ3n) is 5.61. The number of benzene rings is 1. The molecule has 1 rings (SSSR count). The van der Waals surface area contributed by atoms with Crippen molar-refractivity contribution in [2.24, 2.45) is 17.6 Å². The third-order valence-corrected chi connectivity index (χ3v) is 5.98. The van der Waals surface area contributed by atoms with Crippen LogP contribution in [-0.2, 0) is 25.6 Å². The smallest absolute Gasteiger partial charge is 0.327 e. The molecule has 0 spiro atoms. The molecule has 0 saturated heterocycles. The number of rotatable bonds is 13. The van der Waals surface area contributed by atoms with E-state index in [-0.39, 0.29) is 29.8 Å². The van der Waals surface area contributed by atoms with Crippen molar-refractivity contribution in [3.63, 3.8) is 0 Å². The van der Waals surface area contributed by atoms with E-state index in [1.807, 2.05) is 13.8 Å². The summed E-state index contributed by atoms with van der Waals surface area (Å²) >= 11 is 3.95. The summed E-state index contributed by atoms with van der Waals surface area (Å²) in [5, 5.41) is 26.4. The summed E-state index contributed by atoms with van der Waals surface area (Å²) in [6.07, 6.45) is 0.722. The maximum absolute atomic E-state index is 13.1. The lowest BCUT2D eigenvalue weighted by molar-refractivity contribution is -0.141. The number of phenols is 1. The average molecular weight is 497 g/mol. The topological polar surface area (TPSA) is 171 Å². The summed E-state index contributed by atoms with van der Waals surface area (Å²) in [5.41, 5.74) is 6.62. The first-order valence-electron chi connectivity index (χ1n) is 11.2. The first kappa shape index (κ1) is 29.2. The molecule has 5 unspecified atom stereocenters. The number of phenolic OH excluding ortho intramolecular Hbond substituents is 1.